The fourth-order valence-corrected chi connectivity index (χ4v) is 7.72. The highest BCUT2D eigenvalue weighted by atomic mass is 19.4. The second-order valence-corrected chi connectivity index (χ2v) is 14.4. The smallest absolute Gasteiger partial charge is 0.416 e. The van der Waals surface area contributed by atoms with Crippen LogP contribution in [-0.2, 0) is 34.2 Å². The van der Waals surface area contributed by atoms with Gasteiger partial charge in [-0.2, -0.15) is 18.3 Å². The fraction of sp³-hybridized carbons (Fsp3) is 0.462. The number of likely N-dealkylation sites (tertiary alicyclic amines) is 1. The molecule has 2 aromatic heterocycles. The quantitative estimate of drug-likeness (QED) is 0.132. The number of benzene rings is 2. The van der Waals surface area contributed by atoms with Gasteiger partial charge in [-0.1, -0.05) is 19.4 Å². The van der Waals surface area contributed by atoms with Gasteiger partial charge in [0.25, 0.3) is 5.56 Å². The van der Waals surface area contributed by atoms with Crippen molar-refractivity contribution in [2.24, 2.45) is 7.05 Å². The molecule has 2 fully saturated rings. The number of aryl methyl sites for hydroxylation is 1. The molecule has 2 aliphatic rings. The topological polar surface area (TPSA) is 145 Å². The van der Waals surface area contributed by atoms with Crippen LogP contribution in [0.3, 0.4) is 0 Å². The highest BCUT2D eigenvalue weighted by Gasteiger charge is 2.37. The largest absolute Gasteiger partial charge is 0.496 e. The van der Waals surface area contributed by atoms with Crippen LogP contribution >= 0.6 is 0 Å². The van der Waals surface area contributed by atoms with Crippen LogP contribution in [0.15, 0.2) is 47.5 Å². The van der Waals surface area contributed by atoms with E-state index in [9.17, 15) is 32.3 Å². The Morgan fingerprint density at radius 2 is 1.80 bits per heavy atom. The van der Waals surface area contributed by atoms with E-state index in [2.05, 4.69) is 25.7 Å². The Kier molecular flexibility index (Phi) is 12.4. The number of piperazine rings is 1. The lowest BCUT2D eigenvalue weighted by molar-refractivity contribution is -0.138. The van der Waals surface area contributed by atoms with Crippen molar-refractivity contribution in [1.29, 1.82) is 0 Å². The zero-order chi connectivity index (χ0) is 40.1. The molecule has 4 aromatic rings. The normalized spacial score (nSPS) is 16.5. The van der Waals surface area contributed by atoms with Gasteiger partial charge in [0.15, 0.2) is 0 Å². The molecule has 56 heavy (non-hydrogen) atoms. The van der Waals surface area contributed by atoms with E-state index >= 15 is 4.39 Å². The first-order valence-corrected chi connectivity index (χ1v) is 18.6. The van der Waals surface area contributed by atoms with Crippen molar-refractivity contribution < 1.29 is 36.7 Å². The standard InChI is InChI=1S/C39H46F4N8O5/c1-4-5-33(37(54)44-23-52)46-26-6-7-27(31(18-26)39(41,42)43)24-8-10-49(11-9-24)22-35(53)51-14-12-50(13-15-51)21-30-32(40)16-25(17-34(30)56-3)29-20-48(2)38(55)36-28(29)19-45-47-36/h6-7,16-20,23-24,33,46H,4-5,8-15,21-22H2,1-3H3,(H,45,47)(H,44,52,54). The number of ether oxygens (including phenoxy) is 1. The van der Waals surface area contributed by atoms with E-state index in [1.54, 1.807) is 24.2 Å². The van der Waals surface area contributed by atoms with E-state index in [-0.39, 0.29) is 48.1 Å². The van der Waals surface area contributed by atoms with Gasteiger partial charge in [0.05, 0.1) is 25.4 Å². The third-order valence-corrected chi connectivity index (χ3v) is 10.8. The number of pyridine rings is 1. The zero-order valence-corrected chi connectivity index (χ0v) is 31.5. The Balaban J connectivity index is 1.03. The first-order valence-electron chi connectivity index (χ1n) is 18.6. The van der Waals surface area contributed by atoms with Gasteiger partial charge in [-0.05, 0) is 73.7 Å². The van der Waals surface area contributed by atoms with Crippen LogP contribution in [-0.4, -0.2) is 107 Å². The van der Waals surface area contributed by atoms with E-state index in [4.69, 9.17) is 4.74 Å². The average Bonchev–Trinajstić information content (AvgIpc) is 3.68. The number of alkyl halides is 3. The Hall–Kier alpha value is -5.29. The van der Waals surface area contributed by atoms with Crippen molar-refractivity contribution in [2.75, 3.05) is 58.2 Å². The molecule has 2 aliphatic heterocycles. The maximum atomic E-state index is 15.7. The molecule has 2 saturated heterocycles. The fourth-order valence-electron chi connectivity index (χ4n) is 7.72. The lowest BCUT2D eigenvalue weighted by Gasteiger charge is -2.37. The number of methoxy groups -OCH3 is 1. The lowest BCUT2D eigenvalue weighted by atomic mass is 9.86. The summed E-state index contributed by atoms with van der Waals surface area (Å²) in [4.78, 5) is 54.6. The van der Waals surface area contributed by atoms with Gasteiger partial charge in [0.1, 0.15) is 23.1 Å². The molecule has 0 spiro atoms. The van der Waals surface area contributed by atoms with Gasteiger partial charge >= 0.3 is 6.18 Å². The number of fused-ring (bicyclic) bond motifs is 1. The number of imide groups is 1. The van der Waals surface area contributed by atoms with Gasteiger partial charge < -0.3 is 19.5 Å². The monoisotopic (exact) mass is 782 g/mol. The molecular weight excluding hydrogens is 736 g/mol. The molecule has 0 aliphatic carbocycles. The number of amides is 3. The van der Waals surface area contributed by atoms with E-state index in [0.717, 1.165) is 6.07 Å². The molecule has 17 heteroatoms. The molecule has 6 rings (SSSR count). The van der Waals surface area contributed by atoms with Gasteiger partial charge in [0, 0.05) is 68.2 Å². The van der Waals surface area contributed by atoms with E-state index in [0.29, 0.717) is 98.3 Å². The molecule has 0 radical (unpaired) electrons. The Morgan fingerprint density at radius 1 is 1.07 bits per heavy atom. The molecule has 300 valence electrons. The summed E-state index contributed by atoms with van der Waals surface area (Å²) < 4.78 is 65.6. The third kappa shape index (κ3) is 8.88. The molecule has 2 aromatic carbocycles. The van der Waals surface area contributed by atoms with Crippen molar-refractivity contribution in [3.63, 3.8) is 0 Å². The van der Waals surface area contributed by atoms with Gasteiger partial charge in [-0.15, -0.1) is 0 Å². The summed E-state index contributed by atoms with van der Waals surface area (Å²) >= 11 is 0. The minimum absolute atomic E-state index is 0.0642. The molecule has 1 atom stereocenters. The predicted octanol–water partition coefficient (Wildman–Crippen LogP) is 4.47. The van der Waals surface area contributed by atoms with Crippen LogP contribution in [0.4, 0.5) is 23.2 Å². The third-order valence-electron chi connectivity index (χ3n) is 10.8. The number of aromatic amines is 1. The van der Waals surface area contributed by atoms with Gasteiger partial charge in [0.2, 0.25) is 18.2 Å². The van der Waals surface area contributed by atoms with E-state index < -0.39 is 29.5 Å². The number of anilines is 1. The predicted molar refractivity (Wildman–Crippen MR) is 202 cm³/mol. The molecule has 13 nitrogen and oxygen atoms in total. The number of hydrogen-bond donors (Lipinski definition) is 3. The van der Waals surface area contributed by atoms with E-state index in [1.165, 1.54) is 36.1 Å². The average molecular weight is 783 g/mol. The Morgan fingerprint density at radius 3 is 2.46 bits per heavy atom. The molecule has 0 bridgehead atoms. The number of rotatable bonds is 13. The first kappa shape index (κ1) is 40.4. The maximum Gasteiger partial charge on any atom is 0.416 e. The second-order valence-electron chi connectivity index (χ2n) is 14.4. The van der Waals surface area contributed by atoms with Gasteiger partial charge in [-0.3, -0.25) is 39.4 Å². The second kappa shape index (κ2) is 17.2. The van der Waals surface area contributed by atoms with Crippen molar-refractivity contribution in [3.05, 3.63) is 75.6 Å². The van der Waals surface area contributed by atoms with Crippen LogP contribution in [0.1, 0.15) is 55.2 Å². The number of carbonyl (C=O) groups is 3. The number of hydrogen-bond acceptors (Lipinski definition) is 9. The number of nitrogens with one attached hydrogen (secondary N) is 3. The van der Waals surface area contributed by atoms with Crippen molar-refractivity contribution in [2.45, 2.75) is 57.3 Å². The molecule has 3 N–H and O–H groups in total. The molecule has 3 amide bonds. The summed E-state index contributed by atoms with van der Waals surface area (Å²) in [6, 6.07) is 6.32. The van der Waals surface area contributed by atoms with Crippen molar-refractivity contribution in [3.8, 4) is 16.9 Å². The summed E-state index contributed by atoms with van der Waals surface area (Å²) in [5.41, 5.74) is 1.18. The van der Waals surface area contributed by atoms with Crippen LogP contribution in [0.25, 0.3) is 22.0 Å². The molecule has 4 heterocycles. The van der Waals surface area contributed by atoms with Crippen LogP contribution < -0.4 is 20.9 Å². The van der Waals surface area contributed by atoms with Crippen molar-refractivity contribution in [1.82, 2.24) is 34.8 Å². The minimum atomic E-state index is -4.62. The van der Waals surface area contributed by atoms with E-state index in [1.807, 2.05) is 11.8 Å². The number of H-pyrrole nitrogens is 1. The SMILES string of the molecule is CCCC(Nc1ccc(C2CCN(CC(=O)N3CCN(Cc4c(F)cc(-c5cn(C)c(=O)c6[nH]ncc56)cc4OC)CC3)CC2)c(C(F)(F)F)c1)C(=O)NC=O. The molecule has 1 unspecified atom stereocenters. The highest BCUT2D eigenvalue weighted by molar-refractivity contribution is 5.94. The van der Waals surface area contributed by atoms with Crippen LogP contribution in [0.5, 0.6) is 5.75 Å². The maximum absolute atomic E-state index is 15.7. The minimum Gasteiger partial charge on any atom is -0.496 e. The summed E-state index contributed by atoms with van der Waals surface area (Å²) in [6.45, 7) is 5.08. The number of nitrogens with zero attached hydrogens (tertiary/aromatic N) is 5. The number of piperidine rings is 1. The highest BCUT2D eigenvalue weighted by Crippen LogP contribution is 2.40. The lowest BCUT2D eigenvalue weighted by Crippen LogP contribution is -2.51. The number of halogens is 4. The van der Waals surface area contributed by atoms with Crippen LogP contribution in [0, 0.1) is 5.82 Å². The summed E-state index contributed by atoms with van der Waals surface area (Å²) in [7, 11) is 3.09. The van der Waals surface area contributed by atoms with Crippen molar-refractivity contribution >= 4 is 34.8 Å². The summed E-state index contributed by atoms with van der Waals surface area (Å²) in [5, 5.41) is 12.2. The Bertz CT molecular complexity index is 2120. The molecular formula is C39H46F4N8O5. The Labute approximate surface area is 321 Å². The first-order chi connectivity index (χ1) is 26.8. The zero-order valence-electron chi connectivity index (χ0n) is 31.5. The number of aromatic nitrogens is 3. The number of carbonyl (C=O) groups excluding carboxylic acids is 3. The molecule has 0 saturated carbocycles. The summed E-state index contributed by atoms with van der Waals surface area (Å²) in [6.07, 6.45) is 0.603. The summed E-state index contributed by atoms with van der Waals surface area (Å²) in [5.74, 6) is -1.13. The van der Waals surface area contributed by atoms with Gasteiger partial charge in [-0.25, -0.2) is 4.39 Å². The van der Waals surface area contributed by atoms with Crippen LogP contribution in [0.2, 0.25) is 0 Å².